The maximum absolute atomic E-state index is 12.3. The third kappa shape index (κ3) is 15.0. The highest BCUT2D eigenvalue weighted by molar-refractivity contribution is 5.89. The molecule has 0 bridgehead atoms. The van der Waals surface area contributed by atoms with Crippen LogP contribution in [0.5, 0.6) is 0 Å². The molecule has 0 aromatic heterocycles. The van der Waals surface area contributed by atoms with Crippen molar-refractivity contribution in [2.24, 2.45) is 10.8 Å². The van der Waals surface area contributed by atoms with Crippen molar-refractivity contribution in [1.82, 2.24) is 10.6 Å². The van der Waals surface area contributed by atoms with E-state index >= 15 is 0 Å². The van der Waals surface area contributed by atoms with Crippen LogP contribution in [0.1, 0.15) is 121 Å². The van der Waals surface area contributed by atoms with Gasteiger partial charge in [-0.25, -0.2) is 0 Å². The summed E-state index contributed by atoms with van der Waals surface area (Å²) < 4.78 is 0. The molecule has 2 N–H and O–H groups in total. The van der Waals surface area contributed by atoms with E-state index in [0.29, 0.717) is 13.1 Å². The zero-order chi connectivity index (χ0) is 35.7. The summed E-state index contributed by atoms with van der Waals surface area (Å²) in [7, 11) is 0. The molecule has 0 heterocycles. The Morgan fingerprint density at radius 3 is 1.33 bits per heavy atom. The first-order valence-electron chi connectivity index (χ1n) is 18.0. The SMILES string of the molecule is CC1=C(/C=C/C(C)=C/C=C/C(C)=C/C(=O)NCCCCNC(=O)/C=C(C)/C=C/C=C(C)/C=C/C2=C(C)CCCC2(C)C)C(C)(C)CCC1. The lowest BCUT2D eigenvalue weighted by Gasteiger charge is -2.33. The normalized spacial score (nSPS) is 19.8. The Bertz CT molecular complexity index is 1330. The Kier molecular flexibility index (Phi) is 16.9. The number of carbonyl (C=O) groups excluding carboxylic acids is 2. The molecule has 0 atom stereocenters. The second-order valence-electron chi connectivity index (χ2n) is 15.1. The first kappa shape index (κ1) is 40.5. The van der Waals surface area contributed by atoms with Gasteiger partial charge in [-0.3, -0.25) is 9.59 Å². The number of allylic oxidation sites excluding steroid dienone is 18. The van der Waals surface area contributed by atoms with E-state index in [0.717, 1.165) is 24.0 Å². The van der Waals surface area contributed by atoms with Crippen LogP contribution in [0, 0.1) is 10.8 Å². The molecule has 2 aliphatic carbocycles. The number of hydrogen-bond donors (Lipinski definition) is 2. The molecule has 4 nitrogen and oxygen atoms in total. The summed E-state index contributed by atoms with van der Waals surface area (Å²) in [5.74, 6) is -0.197. The molecule has 0 radical (unpaired) electrons. The van der Waals surface area contributed by atoms with Crippen molar-refractivity contribution >= 4 is 11.8 Å². The van der Waals surface area contributed by atoms with Crippen molar-refractivity contribution in [3.8, 4) is 0 Å². The molecule has 4 heteroatoms. The summed E-state index contributed by atoms with van der Waals surface area (Å²) in [6, 6.07) is 0. The van der Waals surface area contributed by atoms with Gasteiger partial charge < -0.3 is 10.6 Å². The minimum atomic E-state index is -0.0983. The highest BCUT2D eigenvalue weighted by Crippen LogP contribution is 2.41. The fourth-order valence-electron chi connectivity index (χ4n) is 6.55. The fraction of sp³-hybridized carbons (Fsp3) is 0.500. The molecule has 48 heavy (non-hydrogen) atoms. The molecule has 2 amide bonds. The van der Waals surface area contributed by atoms with E-state index in [1.807, 2.05) is 38.2 Å². The molecule has 0 aliphatic heterocycles. The van der Waals surface area contributed by atoms with Gasteiger partial charge in [0, 0.05) is 25.2 Å². The fourth-order valence-corrected chi connectivity index (χ4v) is 6.55. The van der Waals surface area contributed by atoms with Crippen LogP contribution in [0.3, 0.4) is 0 Å². The molecular formula is C44H64N2O2. The molecular weight excluding hydrogens is 588 g/mol. The van der Waals surface area contributed by atoms with Gasteiger partial charge >= 0.3 is 0 Å². The van der Waals surface area contributed by atoms with Crippen molar-refractivity contribution < 1.29 is 9.59 Å². The zero-order valence-corrected chi connectivity index (χ0v) is 31.8. The van der Waals surface area contributed by atoms with Gasteiger partial charge in [-0.1, -0.05) is 111 Å². The monoisotopic (exact) mass is 652 g/mol. The lowest BCUT2D eigenvalue weighted by Crippen LogP contribution is -2.25. The van der Waals surface area contributed by atoms with E-state index in [4.69, 9.17) is 0 Å². The molecule has 0 unspecified atom stereocenters. The lowest BCUT2D eigenvalue weighted by atomic mass is 9.72. The average molecular weight is 653 g/mol. The van der Waals surface area contributed by atoms with E-state index in [1.165, 1.54) is 72.0 Å². The zero-order valence-electron chi connectivity index (χ0n) is 31.8. The first-order chi connectivity index (χ1) is 22.6. The number of hydrogen-bond acceptors (Lipinski definition) is 2. The molecule has 0 fully saturated rings. The molecule has 0 spiro atoms. The number of carbonyl (C=O) groups is 2. The molecule has 2 aliphatic rings. The Labute approximate surface area is 293 Å². The van der Waals surface area contributed by atoms with Crippen molar-refractivity contribution in [2.45, 2.75) is 121 Å². The minimum Gasteiger partial charge on any atom is -0.353 e. The van der Waals surface area contributed by atoms with Gasteiger partial charge in [0.05, 0.1) is 0 Å². The van der Waals surface area contributed by atoms with E-state index in [2.05, 4.69) is 102 Å². The molecule has 262 valence electrons. The highest BCUT2D eigenvalue weighted by atomic mass is 16.2. The highest BCUT2D eigenvalue weighted by Gasteiger charge is 2.27. The predicted octanol–water partition coefficient (Wildman–Crippen LogP) is 11.1. The summed E-state index contributed by atoms with van der Waals surface area (Å²) in [5, 5.41) is 5.88. The second kappa shape index (κ2) is 20.0. The lowest BCUT2D eigenvalue weighted by molar-refractivity contribution is -0.117. The largest absolute Gasteiger partial charge is 0.353 e. The van der Waals surface area contributed by atoms with Crippen LogP contribution in [-0.2, 0) is 9.59 Å². The Balaban J connectivity index is 1.68. The average Bonchev–Trinajstić information content (AvgIpc) is 2.97. The van der Waals surface area contributed by atoms with Gasteiger partial charge in [0.1, 0.15) is 0 Å². The second-order valence-corrected chi connectivity index (χ2v) is 15.1. The summed E-state index contributed by atoms with van der Waals surface area (Å²) in [6.45, 7) is 23.1. The van der Waals surface area contributed by atoms with Crippen LogP contribution in [0.15, 0.2) is 117 Å². The summed E-state index contributed by atoms with van der Waals surface area (Å²) in [4.78, 5) is 24.6. The van der Waals surface area contributed by atoms with E-state index in [1.54, 1.807) is 12.2 Å². The van der Waals surface area contributed by atoms with Crippen molar-refractivity contribution in [3.05, 3.63) is 117 Å². The third-order valence-corrected chi connectivity index (χ3v) is 9.47. The number of nitrogens with one attached hydrogen (secondary N) is 2. The van der Waals surface area contributed by atoms with Crippen LogP contribution in [0.25, 0.3) is 0 Å². The van der Waals surface area contributed by atoms with Gasteiger partial charge in [-0.2, -0.15) is 0 Å². The van der Waals surface area contributed by atoms with Gasteiger partial charge in [0.25, 0.3) is 0 Å². The minimum absolute atomic E-state index is 0.0983. The van der Waals surface area contributed by atoms with E-state index in [9.17, 15) is 9.59 Å². The predicted molar refractivity (Wildman–Crippen MR) is 208 cm³/mol. The maximum atomic E-state index is 12.3. The molecule has 0 aromatic carbocycles. The van der Waals surface area contributed by atoms with Gasteiger partial charge in [-0.05, 0) is 126 Å². The molecule has 2 rings (SSSR count). The van der Waals surface area contributed by atoms with Crippen LogP contribution in [0.2, 0.25) is 0 Å². The molecule has 0 aromatic rings. The summed E-state index contributed by atoms with van der Waals surface area (Å²) in [6.07, 6.45) is 33.2. The van der Waals surface area contributed by atoms with Crippen LogP contribution < -0.4 is 10.6 Å². The van der Waals surface area contributed by atoms with E-state index in [-0.39, 0.29) is 22.6 Å². The van der Waals surface area contributed by atoms with Gasteiger partial charge in [0.15, 0.2) is 0 Å². The first-order valence-corrected chi connectivity index (χ1v) is 18.0. The number of amides is 2. The number of unbranched alkanes of at least 4 members (excludes halogenated alkanes) is 1. The van der Waals surface area contributed by atoms with Gasteiger partial charge in [-0.15, -0.1) is 0 Å². The van der Waals surface area contributed by atoms with Crippen molar-refractivity contribution in [1.29, 1.82) is 0 Å². The third-order valence-electron chi connectivity index (χ3n) is 9.47. The van der Waals surface area contributed by atoms with Crippen molar-refractivity contribution in [2.75, 3.05) is 13.1 Å². The summed E-state index contributed by atoms with van der Waals surface area (Å²) in [5.41, 5.74) is 10.6. The Hall–Kier alpha value is -3.66. The van der Waals surface area contributed by atoms with Gasteiger partial charge in [0.2, 0.25) is 11.8 Å². The van der Waals surface area contributed by atoms with Crippen LogP contribution in [0.4, 0.5) is 0 Å². The Morgan fingerprint density at radius 1 is 0.604 bits per heavy atom. The standard InChI is InChI=1S/C44H64N2O2/c1-33(23-25-39-37(5)21-15-27-43(39,7)8)17-13-19-35(3)31-41(47)45-29-11-12-30-46-42(48)32-36(4)20-14-18-34(2)24-26-40-38(6)22-16-28-44(40,9)10/h13-14,17-20,23-26,31-32H,11-12,15-16,21-22,27-30H2,1-10H3,(H,45,47)(H,46,48)/b19-13+,20-14+,25-23+,26-24+,33-17+,34-18+,35-31+,36-32+. The maximum Gasteiger partial charge on any atom is 0.244 e. The smallest absolute Gasteiger partial charge is 0.244 e. The number of rotatable bonds is 15. The van der Waals surface area contributed by atoms with Crippen LogP contribution in [-0.4, -0.2) is 24.9 Å². The molecule has 0 saturated heterocycles. The molecule has 0 saturated carbocycles. The quantitative estimate of drug-likeness (QED) is 0.105. The van der Waals surface area contributed by atoms with Crippen LogP contribution >= 0.6 is 0 Å². The summed E-state index contributed by atoms with van der Waals surface area (Å²) >= 11 is 0. The Morgan fingerprint density at radius 2 is 0.979 bits per heavy atom. The topological polar surface area (TPSA) is 58.2 Å². The van der Waals surface area contributed by atoms with E-state index < -0.39 is 0 Å². The van der Waals surface area contributed by atoms with Crippen molar-refractivity contribution in [3.63, 3.8) is 0 Å².